The van der Waals surface area contributed by atoms with E-state index in [0.29, 0.717) is 16.8 Å². The number of nitriles is 1. The summed E-state index contributed by atoms with van der Waals surface area (Å²) in [5.74, 6) is 0. The lowest BCUT2D eigenvalue weighted by Crippen LogP contribution is -2.74. The second-order valence-electron chi connectivity index (χ2n) is 20.8. The molecule has 4 heterocycles. The Kier molecular flexibility index (Phi) is 10.7. The second kappa shape index (κ2) is 18.5. The van der Waals surface area contributed by atoms with Crippen LogP contribution in [-0.4, -0.2) is 17.2 Å². The SMILES string of the molecule is [C-]#[N+]c1c(-c2ccccc2)c(C#N)c(-n2c3ccccc3c3cc([Si](c4ccccc4)(c4ccccc4)c4ccccc4)ccc32)c(-c2ccccc2)c1-n1c2c(ccc3c4ccccc4sc32)c2ccc3c4ccccc4sc3c21. The van der Waals surface area contributed by atoms with E-state index in [1.54, 1.807) is 22.7 Å². The van der Waals surface area contributed by atoms with E-state index < -0.39 is 8.07 Å². The summed E-state index contributed by atoms with van der Waals surface area (Å²) in [7, 11) is -2.99. The minimum Gasteiger partial charge on any atom is -0.316 e. The van der Waals surface area contributed by atoms with Gasteiger partial charge in [-0.25, -0.2) is 4.85 Å². The summed E-state index contributed by atoms with van der Waals surface area (Å²) >= 11 is 3.61. The molecule has 376 valence electrons. The first-order valence-corrected chi connectivity index (χ1v) is 30.8. The molecular formula is C74H44N4S2Si. The zero-order valence-electron chi connectivity index (χ0n) is 43.5. The summed E-state index contributed by atoms with van der Waals surface area (Å²) in [5.41, 5.74) is 9.44. The van der Waals surface area contributed by atoms with Gasteiger partial charge < -0.3 is 9.13 Å². The maximum Gasteiger partial charge on any atom is 0.220 e. The van der Waals surface area contributed by atoms with Gasteiger partial charge in [0, 0.05) is 63.6 Å². The molecule has 0 aliphatic carbocycles. The Morgan fingerprint density at radius 3 is 1.31 bits per heavy atom. The number of benzene rings is 12. The van der Waals surface area contributed by atoms with Crippen molar-refractivity contribution in [3.63, 3.8) is 0 Å². The van der Waals surface area contributed by atoms with Gasteiger partial charge in [-0.15, -0.1) is 22.7 Å². The molecule has 12 aromatic carbocycles. The van der Waals surface area contributed by atoms with Crippen LogP contribution in [0.2, 0.25) is 0 Å². The third kappa shape index (κ3) is 6.78. The minimum absolute atomic E-state index is 0.419. The molecule has 0 atom stereocenters. The van der Waals surface area contributed by atoms with Crippen LogP contribution in [0.5, 0.6) is 0 Å². The summed E-state index contributed by atoms with van der Waals surface area (Å²) in [6.45, 7) is 9.63. The van der Waals surface area contributed by atoms with Crippen LogP contribution < -0.4 is 20.7 Å². The van der Waals surface area contributed by atoms with Crippen molar-refractivity contribution in [1.82, 2.24) is 9.13 Å². The van der Waals surface area contributed by atoms with Crippen molar-refractivity contribution in [2.24, 2.45) is 0 Å². The average Bonchev–Trinajstić information content (AvgIpc) is 4.47. The highest BCUT2D eigenvalue weighted by molar-refractivity contribution is 7.27. The highest BCUT2D eigenvalue weighted by Gasteiger charge is 2.42. The van der Waals surface area contributed by atoms with Gasteiger partial charge in [-0.3, -0.25) is 0 Å². The van der Waals surface area contributed by atoms with Gasteiger partial charge in [0.25, 0.3) is 0 Å². The number of thiophene rings is 2. The van der Waals surface area contributed by atoms with Crippen LogP contribution in [-0.2, 0) is 0 Å². The summed E-state index contributed by atoms with van der Waals surface area (Å²) in [6.07, 6.45) is 0. The predicted molar refractivity (Wildman–Crippen MR) is 346 cm³/mol. The molecule has 81 heavy (non-hydrogen) atoms. The Labute approximate surface area is 476 Å². The zero-order chi connectivity index (χ0) is 53.8. The number of fused-ring (bicyclic) bond motifs is 14. The minimum atomic E-state index is -2.99. The highest BCUT2D eigenvalue weighted by Crippen LogP contribution is 2.55. The van der Waals surface area contributed by atoms with E-state index in [0.717, 1.165) is 81.1 Å². The van der Waals surface area contributed by atoms with Crippen LogP contribution in [0, 0.1) is 17.9 Å². The fourth-order valence-corrected chi connectivity index (χ4v) is 20.7. The second-order valence-corrected chi connectivity index (χ2v) is 26.7. The fourth-order valence-electron chi connectivity index (χ4n) is 13.4. The Morgan fingerprint density at radius 1 is 0.370 bits per heavy atom. The number of para-hydroxylation sites is 1. The Hall–Kier alpha value is -10.1. The summed E-state index contributed by atoms with van der Waals surface area (Å²) in [4.78, 5) is 4.71. The first-order chi connectivity index (χ1) is 40.1. The Balaban J connectivity index is 1.13. The van der Waals surface area contributed by atoms with Crippen molar-refractivity contribution in [2.45, 2.75) is 0 Å². The summed E-state index contributed by atoms with van der Waals surface area (Å²) in [6, 6.07) is 99.1. The molecule has 4 nitrogen and oxygen atoms in total. The molecule has 0 amide bonds. The number of hydrogen-bond donors (Lipinski definition) is 0. The molecule has 0 saturated heterocycles. The molecule has 0 N–H and O–H groups in total. The van der Waals surface area contributed by atoms with Crippen molar-refractivity contribution < 1.29 is 0 Å². The molecule has 0 bridgehead atoms. The maximum absolute atomic E-state index is 12.3. The quantitative estimate of drug-likeness (QED) is 0.0849. The molecule has 7 heteroatoms. The van der Waals surface area contributed by atoms with Gasteiger partial charge in [0.05, 0.1) is 55.0 Å². The van der Waals surface area contributed by atoms with Gasteiger partial charge in [-0.2, -0.15) is 5.26 Å². The van der Waals surface area contributed by atoms with Gasteiger partial charge in [0.15, 0.2) is 8.07 Å². The molecule has 0 fully saturated rings. The molecule has 0 unspecified atom stereocenters. The lowest BCUT2D eigenvalue weighted by atomic mass is 9.88. The van der Waals surface area contributed by atoms with Crippen molar-refractivity contribution in [2.75, 3.05) is 0 Å². The first-order valence-electron chi connectivity index (χ1n) is 27.2. The van der Waals surface area contributed by atoms with Gasteiger partial charge in [0.2, 0.25) is 5.69 Å². The van der Waals surface area contributed by atoms with Crippen molar-refractivity contribution in [3.05, 3.63) is 284 Å². The van der Waals surface area contributed by atoms with E-state index >= 15 is 0 Å². The number of nitrogens with zero attached hydrogens (tertiary/aromatic N) is 4. The molecule has 0 aliphatic heterocycles. The Morgan fingerprint density at radius 2 is 0.802 bits per heavy atom. The highest BCUT2D eigenvalue weighted by atomic mass is 32.1. The lowest BCUT2D eigenvalue weighted by molar-refractivity contribution is 1.14. The van der Waals surface area contributed by atoms with Crippen LogP contribution in [0.4, 0.5) is 5.69 Å². The smallest absolute Gasteiger partial charge is 0.220 e. The van der Waals surface area contributed by atoms with Crippen molar-refractivity contribution >= 4 is 141 Å². The molecule has 0 radical (unpaired) electrons. The van der Waals surface area contributed by atoms with Crippen LogP contribution >= 0.6 is 22.7 Å². The van der Waals surface area contributed by atoms with Gasteiger partial charge in [-0.05, 0) is 56.1 Å². The van der Waals surface area contributed by atoms with E-state index in [-0.39, 0.29) is 0 Å². The van der Waals surface area contributed by atoms with Crippen molar-refractivity contribution in [1.29, 1.82) is 5.26 Å². The Bertz CT molecular complexity index is 5070. The van der Waals surface area contributed by atoms with E-state index in [1.165, 1.54) is 51.7 Å². The maximum atomic E-state index is 12.3. The number of hydrogen-bond acceptors (Lipinski definition) is 3. The number of rotatable bonds is 8. The third-order valence-corrected chi connectivity index (χ3v) is 23.9. The van der Waals surface area contributed by atoms with Crippen molar-refractivity contribution in [3.8, 4) is 39.7 Å². The van der Waals surface area contributed by atoms with Crippen LogP contribution in [0.25, 0.3) is 122 Å². The monoisotopic (exact) mass is 1080 g/mol. The molecular weight excluding hydrogens is 1040 g/mol. The van der Waals surface area contributed by atoms with Gasteiger partial charge in [-0.1, -0.05) is 243 Å². The largest absolute Gasteiger partial charge is 0.316 e. The van der Waals surface area contributed by atoms with E-state index in [1.807, 2.05) is 18.2 Å². The van der Waals surface area contributed by atoms with Gasteiger partial charge >= 0.3 is 0 Å². The normalized spacial score (nSPS) is 11.9. The fraction of sp³-hybridized carbons (Fsp3) is 0. The van der Waals surface area contributed by atoms with E-state index in [9.17, 15) is 11.8 Å². The summed E-state index contributed by atoms with van der Waals surface area (Å²) in [5, 5.41) is 26.5. The lowest BCUT2D eigenvalue weighted by Gasteiger charge is -2.34. The zero-order valence-corrected chi connectivity index (χ0v) is 46.1. The molecule has 0 spiro atoms. The molecule has 0 saturated carbocycles. The standard InChI is InChI=1S/C74H44N4S2Si/c1-76-68-66(47-23-7-2-8-24-47)61(46-75)69(77-62-36-20-17-33-53(62)60-45-52(39-44-63(60)77)81(49-27-11-4-12-28-49,50-29-13-5-14-30-50)51-31-15-6-16-32-51)67(48-25-9-3-10-26-48)72(68)78-70-56(40-42-58-54-34-18-21-37-64(54)79-73(58)70)57-41-43-59-55-35-19-22-38-65(55)80-74(59)71(57)78/h2-45H. The van der Waals surface area contributed by atoms with Crippen LogP contribution in [0.1, 0.15) is 5.56 Å². The average molecular weight is 1080 g/mol. The van der Waals surface area contributed by atoms with Crippen LogP contribution in [0.15, 0.2) is 267 Å². The molecule has 4 aromatic heterocycles. The first kappa shape index (κ1) is 46.9. The molecule has 0 aliphatic rings. The third-order valence-electron chi connectivity index (χ3n) is 16.7. The van der Waals surface area contributed by atoms with E-state index in [4.69, 9.17) is 4.85 Å². The molecule has 16 rings (SSSR count). The topological polar surface area (TPSA) is 38.0 Å². The van der Waals surface area contributed by atoms with Crippen LogP contribution in [0.3, 0.4) is 0 Å². The number of aromatic nitrogens is 2. The molecule has 16 aromatic rings. The predicted octanol–water partition coefficient (Wildman–Crippen LogP) is 17.8. The van der Waals surface area contributed by atoms with Gasteiger partial charge in [0.1, 0.15) is 6.07 Å². The summed E-state index contributed by atoms with van der Waals surface area (Å²) < 4.78 is 9.51. The van der Waals surface area contributed by atoms with E-state index in [2.05, 4.69) is 264 Å².